The van der Waals surface area contributed by atoms with Crippen molar-refractivity contribution in [3.63, 3.8) is 0 Å². The third kappa shape index (κ3) is 24.6. The van der Waals surface area contributed by atoms with E-state index < -0.39 is 91.5 Å². The number of amides is 6. The number of carbonyl (C=O) groups excluding carboxylic acids is 9. The predicted molar refractivity (Wildman–Crippen MR) is 330 cm³/mol. The predicted octanol–water partition coefficient (Wildman–Crippen LogP) is 0.465. The van der Waals surface area contributed by atoms with Crippen molar-refractivity contribution in [2.45, 2.75) is 88.8 Å². The lowest BCUT2D eigenvalue weighted by atomic mass is 10.1. The Labute approximate surface area is 534 Å². The van der Waals surface area contributed by atoms with Gasteiger partial charge < -0.3 is 55.1 Å². The van der Waals surface area contributed by atoms with Crippen LogP contribution in [0.2, 0.25) is 0 Å². The first kappa shape index (κ1) is 72.6. The van der Waals surface area contributed by atoms with Crippen LogP contribution in [0, 0.1) is 19.3 Å². The summed E-state index contributed by atoms with van der Waals surface area (Å²) in [6, 6.07) is 11.0. The zero-order valence-corrected chi connectivity index (χ0v) is 52.4. The Balaban J connectivity index is 1.05. The summed E-state index contributed by atoms with van der Waals surface area (Å²) in [7, 11) is 1.16. The second-order valence-electron chi connectivity index (χ2n) is 23.0. The number of hydrogen-bond acceptors (Lipinski definition) is 20. The molecule has 0 aliphatic carbocycles. The van der Waals surface area contributed by atoms with E-state index in [1.165, 1.54) is 12.3 Å². The normalized spacial score (nSPS) is 17.8. The van der Waals surface area contributed by atoms with E-state index in [0.29, 0.717) is 114 Å². The number of methoxy groups -OCH3 is 1. The molecule has 92 heavy (non-hydrogen) atoms. The third-order valence-electron chi connectivity index (χ3n) is 16.1. The molecule has 6 rings (SSSR count). The van der Waals surface area contributed by atoms with Gasteiger partial charge in [0.2, 0.25) is 29.5 Å². The van der Waals surface area contributed by atoms with Gasteiger partial charge in [-0.1, -0.05) is 35.7 Å². The van der Waals surface area contributed by atoms with Crippen LogP contribution in [-0.2, 0) is 63.8 Å². The lowest BCUT2D eigenvalue weighted by molar-refractivity contribution is -0.147. The van der Waals surface area contributed by atoms with E-state index in [0.717, 1.165) is 29.6 Å². The van der Waals surface area contributed by atoms with Crippen LogP contribution in [-0.4, -0.2) is 274 Å². The van der Waals surface area contributed by atoms with Crippen molar-refractivity contribution in [3.8, 4) is 18.1 Å². The van der Waals surface area contributed by atoms with E-state index in [4.69, 9.17) is 25.4 Å². The number of carboxylic acids is 1. The molecule has 3 aromatic rings. The lowest BCUT2D eigenvalue weighted by Crippen LogP contribution is -2.58. The van der Waals surface area contributed by atoms with Crippen molar-refractivity contribution in [1.29, 1.82) is 0 Å². The molecule has 0 bridgehead atoms. The average molecular weight is 1290 g/mol. The summed E-state index contributed by atoms with van der Waals surface area (Å²) < 4.78 is 49.1. The van der Waals surface area contributed by atoms with Gasteiger partial charge in [0.1, 0.15) is 31.3 Å². The van der Waals surface area contributed by atoms with Crippen LogP contribution in [0.1, 0.15) is 72.9 Å². The number of pyridine rings is 1. The fraction of sp³-hybridized carbons (Fsp3) is 0.571. The van der Waals surface area contributed by atoms with Crippen LogP contribution < -0.4 is 26.0 Å². The number of benzene rings is 2. The van der Waals surface area contributed by atoms with Gasteiger partial charge in [-0.25, -0.2) is 8.78 Å². The second kappa shape index (κ2) is 37.8. The van der Waals surface area contributed by atoms with Gasteiger partial charge in [-0.15, -0.1) is 6.42 Å². The summed E-state index contributed by atoms with van der Waals surface area (Å²) in [5.41, 5.74) is 2.94. The van der Waals surface area contributed by atoms with E-state index in [2.05, 4.69) is 37.1 Å². The van der Waals surface area contributed by atoms with Gasteiger partial charge in [0, 0.05) is 116 Å². The zero-order chi connectivity index (χ0) is 66.4. The number of nitrogens with one attached hydrogen (secondary N) is 4. The van der Waals surface area contributed by atoms with Crippen LogP contribution in [0.5, 0.6) is 5.75 Å². The maximum absolute atomic E-state index is 14.5. The number of halogens is 2. The molecule has 3 fully saturated rings. The average Bonchev–Trinajstić information content (AvgIpc) is 1.32. The lowest BCUT2D eigenvalue weighted by Gasteiger charge is -2.36. The smallest absolute Gasteiger partial charge is 0.317 e. The molecule has 6 amide bonds. The molecular formula is C63H86F2N12O15. The van der Waals surface area contributed by atoms with Crippen molar-refractivity contribution in [2.24, 2.45) is 0 Å². The number of aromatic nitrogens is 1. The van der Waals surface area contributed by atoms with Crippen LogP contribution in [0.15, 0.2) is 54.7 Å². The molecule has 3 aliphatic heterocycles. The summed E-state index contributed by atoms with van der Waals surface area (Å²) in [5.74, 6) is -5.61. The minimum Gasteiger partial charge on any atom is -0.494 e. The highest BCUT2D eigenvalue weighted by Crippen LogP contribution is 2.32. The molecular weight excluding hydrogens is 1200 g/mol. The summed E-state index contributed by atoms with van der Waals surface area (Å²) in [5, 5.41) is 21.2. The van der Waals surface area contributed by atoms with Gasteiger partial charge in [0.15, 0.2) is 0 Å². The number of terminal acetylenes is 1. The molecule has 2 aromatic carbocycles. The Hall–Kier alpha value is -8.43. The van der Waals surface area contributed by atoms with Crippen molar-refractivity contribution in [1.82, 2.24) is 60.6 Å². The Bertz CT molecular complexity index is 3000. The topological polar surface area (TPSA) is 312 Å². The molecule has 0 saturated carbocycles. The molecule has 1 aromatic heterocycles. The van der Waals surface area contributed by atoms with E-state index in [9.17, 15) is 61.8 Å². The number of aryl methyl sites for hydroxylation is 2. The summed E-state index contributed by atoms with van der Waals surface area (Å²) in [6.45, 7) is 5.41. The maximum atomic E-state index is 14.5. The fourth-order valence-corrected chi connectivity index (χ4v) is 10.9. The molecule has 3 saturated heterocycles. The van der Waals surface area contributed by atoms with E-state index >= 15 is 0 Å². The first-order valence-corrected chi connectivity index (χ1v) is 30.9. The highest BCUT2D eigenvalue weighted by molar-refractivity contribution is 6.07. The molecule has 0 spiro atoms. The van der Waals surface area contributed by atoms with Crippen molar-refractivity contribution in [2.75, 3.05) is 145 Å². The standard InChI is InChI=1S/C63H86F2N12O15/c1-4-48-37-63(64,65)41-77(48)57(82)38-68-60(86)50-18-20-66-52-17-16-49(35-51(50)52)92-34-8-21-71-30-32-76(33-31-71)62(88)54(36-59(85)89-3)70-61(87)53(10-5-6-19-67-55(80)11-7-9-47-14-12-46(2)13-15-47)69-56(81)39-72-22-23-73(40-58(83)84)25-27-75(43-91-45-79)29-28-74(26-24-72)42-90-44-78/h1,12-18,20,35,44-45,48,53-54H,5-11,19,21-34,36-43H2,2-3H3,(H,67,80)(H,68,86)(H,69,81)(H,70,87)(H,83,84)/t48-,53-,54-/m0/s1. The molecule has 4 heterocycles. The van der Waals surface area contributed by atoms with E-state index in [1.54, 1.807) is 32.9 Å². The van der Waals surface area contributed by atoms with Crippen molar-refractivity contribution in [3.05, 3.63) is 71.4 Å². The second-order valence-corrected chi connectivity index (χ2v) is 23.0. The summed E-state index contributed by atoms with van der Waals surface area (Å²) in [4.78, 5) is 145. The van der Waals surface area contributed by atoms with Crippen LogP contribution in [0.25, 0.3) is 10.9 Å². The molecule has 3 aliphatic rings. The first-order valence-electron chi connectivity index (χ1n) is 30.9. The van der Waals surface area contributed by atoms with Gasteiger partial charge in [0.05, 0.1) is 63.4 Å². The number of alkyl halides is 2. The van der Waals surface area contributed by atoms with Gasteiger partial charge in [0.25, 0.3) is 24.8 Å². The number of aliphatic carboxylic acids is 1. The number of carbonyl (C=O) groups is 10. The Morgan fingerprint density at radius 2 is 1.40 bits per heavy atom. The molecule has 27 nitrogen and oxygen atoms in total. The monoisotopic (exact) mass is 1290 g/mol. The van der Waals surface area contributed by atoms with Gasteiger partial charge >= 0.3 is 11.9 Å². The Morgan fingerprint density at radius 3 is 2.03 bits per heavy atom. The minimum absolute atomic E-state index is 0.0429. The molecule has 502 valence electrons. The largest absolute Gasteiger partial charge is 0.494 e. The first-order chi connectivity index (χ1) is 44.3. The van der Waals surface area contributed by atoms with Crippen molar-refractivity contribution >= 4 is 71.2 Å². The number of ether oxygens (including phenoxy) is 4. The van der Waals surface area contributed by atoms with Gasteiger partial charge in [-0.2, -0.15) is 0 Å². The summed E-state index contributed by atoms with van der Waals surface area (Å²) >= 11 is 0. The number of hydrogen-bond donors (Lipinski definition) is 5. The van der Waals surface area contributed by atoms with Gasteiger partial charge in [-0.3, -0.25) is 77.4 Å². The number of fused-ring (bicyclic) bond motifs is 1. The van der Waals surface area contributed by atoms with Crippen LogP contribution in [0.3, 0.4) is 0 Å². The van der Waals surface area contributed by atoms with Gasteiger partial charge in [-0.05, 0) is 75.3 Å². The number of esters is 1. The number of likely N-dealkylation sites (tertiary alicyclic amines) is 1. The van der Waals surface area contributed by atoms with Crippen LogP contribution >= 0.6 is 0 Å². The Kier molecular flexibility index (Phi) is 29.8. The van der Waals surface area contributed by atoms with Crippen molar-refractivity contribution < 1.29 is 80.8 Å². The highest BCUT2D eigenvalue weighted by Gasteiger charge is 2.46. The quantitative estimate of drug-likeness (QED) is 0.0182. The Morgan fingerprint density at radius 1 is 0.761 bits per heavy atom. The molecule has 5 N–H and O–H groups in total. The molecule has 0 unspecified atom stereocenters. The number of unbranched alkanes of at least 4 members (excludes halogenated alkanes) is 1. The highest BCUT2D eigenvalue weighted by atomic mass is 19.3. The molecule has 29 heteroatoms. The minimum atomic E-state index is -3.12. The SMILES string of the molecule is C#C[C@H]1CC(F)(F)CN1C(=O)CNC(=O)c1ccnc2ccc(OCCCN3CCN(C(=O)[C@H](CC(=O)OC)NC(=O)[C@H](CCCCNC(=O)CCCc4ccc(C)cc4)NC(=O)CN4CCN(COC=O)CCN(COC=O)CCN(CC(=O)O)CC4)CC3)cc12. The zero-order valence-electron chi connectivity index (χ0n) is 52.4. The third-order valence-corrected chi connectivity index (χ3v) is 16.1. The molecule has 3 atom stereocenters. The number of nitrogens with zero attached hydrogens (tertiary/aromatic N) is 8. The van der Waals surface area contributed by atoms with E-state index in [-0.39, 0.29) is 90.3 Å². The maximum Gasteiger partial charge on any atom is 0.317 e. The molecule has 0 radical (unpaired) electrons. The summed E-state index contributed by atoms with van der Waals surface area (Å²) in [6.07, 6.45) is 8.81. The number of carboxylic acid groups (broad SMARTS) is 1. The van der Waals surface area contributed by atoms with E-state index in [1.807, 2.05) is 41.0 Å². The number of rotatable bonds is 33. The van der Waals surface area contributed by atoms with Crippen LogP contribution in [0.4, 0.5) is 8.78 Å². The fourth-order valence-electron chi connectivity index (χ4n) is 10.9. The number of piperazine rings is 1.